The van der Waals surface area contributed by atoms with Crippen molar-refractivity contribution in [3.05, 3.63) is 166 Å². The van der Waals surface area contributed by atoms with E-state index in [2.05, 4.69) is 26.5 Å². The maximum atomic E-state index is 14.4. The Balaban J connectivity index is 1.15. The number of aryl methyl sites for hydroxylation is 1. The number of para-hydroxylation sites is 1. The van der Waals surface area contributed by atoms with Gasteiger partial charge in [0.25, 0.3) is 10.1 Å². The van der Waals surface area contributed by atoms with Crippen LogP contribution in [-0.4, -0.2) is 83.7 Å². The molecule has 3 heterocycles. The normalized spacial score (nSPS) is 12.3. The Bertz CT molecular complexity index is 3440. The maximum absolute atomic E-state index is 14.4. The van der Waals surface area contributed by atoms with Crippen molar-refractivity contribution in [2.75, 3.05) is 26.9 Å². The predicted molar refractivity (Wildman–Crippen MR) is 274 cm³/mol. The van der Waals surface area contributed by atoms with Crippen LogP contribution in [0, 0.1) is 26.6 Å². The second-order valence-electron chi connectivity index (χ2n) is 16.7. The minimum atomic E-state index is -4.23. The monoisotopic (exact) mass is 1060 g/mol. The first-order valence-corrected chi connectivity index (χ1v) is 24.9. The van der Waals surface area contributed by atoms with E-state index in [1.54, 1.807) is 51.4 Å². The van der Waals surface area contributed by atoms with E-state index in [4.69, 9.17) is 55.5 Å². The fourth-order valence-electron chi connectivity index (χ4n) is 7.93. The zero-order chi connectivity index (χ0) is 52.7. The number of hydrogen-bond donors (Lipinski definition) is 2. The molecule has 0 radical (unpaired) electrons. The van der Waals surface area contributed by atoms with Crippen molar-refractivity contribution >= 4 is 50.4 Å². The highest BCUT2D eigenvalue weighted by Crippen LogP contribution is 2.51. The topological polar surface area (TPSA) is 212 Å². The molecule has 0 amide bonds. The highest BCUT2D eigenvalue weighted by molar-refractivity contribution is 7.86. The number of nitrogens with zero attached hydrogens (tertiary/aromatic N) is 4. The van der Waals surface area contributed by atoms with Gasteiger partial charge in [0.15, 0.2) is 11.6 Å². The molecular formula is C54H47Cl2FN4O12S. The molecule has 8 rings (SSSR count). The number of ether oxygens (including phenoxy) is 5. The molecule has 8 aromatic rings. The minimum Gasteiger partial charge on any atom is -0.508 e. The molecule has 0 aliphatic heterocycles. The summed E-state index contributed by atoms with van der Waals surface area (Å²) in [6, 6.07) is 24.8. The number of halogens is 3. The van der Waals surface area contributed by atoms with Crippen LogP contribution in [0.25, 0.3) is 44.9 Å². The number of phenols is 1. The highest BCUT2D eigenvalue weighted by Gasteiger charge is 2.32. The van der Waals surface area contributed by atoms with Crippen molar-refractivity contribution in [2.45, 2.75) is 50.9 Å². The summed E-state index contributed by atoms with van der Waals surface area (Å²) < 4.78 is 82.7. The van der Waals surface area contributed by atoms with Crippen LogP contribution in [0.5, 0.6) is 28.9 Å². The maximum Gasteiger partial charge on any atom is 0.345 e. The van der Waals surface area contributed by atoms with Crippen molar-refractivity contribution in [1.29, 1.82) is 0 Å². The van der Waals surface area contributed by atoms with Crippen LogP contribution >= 0.6 is 23.2 Å². The first-order chi connectivity index (χ1) is 35.6. The van der Waals surface area contributed by atoms with Crippen molar-refractivity contribution in [1.82, 2.24) is 19.9 Å². The van der Waals surface area contributed by atoms with Gasteiger partial charge in [0, 0.05) is 29.3 Å². The van der Waals surface area contributed by atoms with E-state index in [1.165, 1.54) is 60.7 Å². The zero-order valence-corrected chi connectivity index (χ0v) is 42.5. The predicted octanol–water partition coefficient (Wildman–Crippen LogP) is 11.1. The van der Waals surface area contributed by atoms with Gasteiger partial charge in [0.1, 0.15) is 59.9 Å². The summed E-state index contributed by atoms with van der Waals surface area (Å²) in [5.74, 6) is -0.957. The molecule has 0 aliphatic rings. The van der Waals surface area contributed by atoms with E-state index in [1.807, 2.05) is 25.1 Å². The summed E-state index contributed by atoms with van der Waals surface area (Å²) in [4.78, 5) is 31.0. The number of aromatic nitrogens is 4. The van der Waals surface area contributed by atoms with Gasteiger partial charge >= 0.3 is 5.97 Å². The number of fused-ring (bicyclic) bond motifs is 1. The number of aliphatic carboxylic acids is 1. The molecule has 2 unspecified atom stereocenters. The van der Waals surface area contributed by atoms with Crippen LogP contribution in [0.2, 0.25) is 10.0 Å². The van der Waals surface area contributed by atoms with Gasteiger partial charge in [-0.2, -0.15) is 8.42 Å². The minimum absolute atomic E-state index is 0.00208. The van der Waals surface area contributed by atoms with Crippen LogP contribution in [0.1, 0.15) is 27.9 Å². The first kappa shape index (κ1) is 52.7. The molecule has 5 aromatic carbocycles. The van der Waals surface area contributed by atoms with E-state index in [-0.39, 0.29) is 92.3 Å². The summed E-state index contributed by atoms with van der Waals surface area (Å²) >= 11 is 14.4. The van der Waals surface area contributed by atoms with Crippen LogP contribution in [0.15, 0.2) is 132 Å². The van der Waals surface area contributed by atoms with E-state index in [0.717, 1.165) is 11.9 Å². The molecule has 74 heavy (non-hydrogen) atoms. The largest absolute Gasteiger partial charge is 0.508 e. The number of hydrogen-bond acceptors (Lipinski definition) is 15. The second-order valence-corrected chi connectivity index (χ2v) is 19.0. The molecule has 20 heteroatoms. The molecule has 0 spiro atoms. The van der Waals surface area contributed by atoms with Crippen molar-refractivity contribution < 1.29 is 60.1 Å². The number of carboxylic acids is 1. The third-order valence-corrected chi connectivity index (χ3v) is 13.8. The average molecular weight is 1070 g/mol. The van der Waals surface area contributed by atoms with E-state index in [0.29, 0.717) is 45.1 Å². The lowest BCUT2D eigenvalue weighted by atomic mass is 9.91. The van der Waals surface area contributed by atoms with Crippen LogP contribution in [-0.2, 0) is 36.9 Å². The molecule has 0 saturated heterocycles. The van der Waals surface area contributed by atoms with Gasteiger partial charge in [-0.05, 0) is 110 Å². The van der Waals surface area contributed by atoms with Gasteiger partial charge in [-0.1, -0.05) is 59.1 Å². The molecular weight excluding hydrogens is 1020 g/mol. The summed E-state index contributed by atoms with van der Waals surface area (Å²) in [5.41, 5.74) is 4.03. The Morgan fingerprint density at radius 1 is 0.878 bits per heavy atom. The number of carboxylic acid groups (broad SMARTS) is 1. The Kier molecular flexibility index (Phi) is 16.4. The lowest BCUT2D eigenvalue weighted by molar-refractivity contribution is -0.145. The molecule has 0 aliphatic carbocycles. The van der Waals surface area contributed by atoms with Crippen molar-refractivity contribution in [3.8, 4) is 62.7 Å². The Hall–Kier alpha value is -7.61. The smallest absolute Gasteiger partial charge is 0.345 e. The zero-order valence-electron chi connectivity index (χ0n) is 40.2. The second kappa shape index (κ2) is 23.1. The summed E-state index contributed by atoms with van der Waals surface area (Å²) in [6.07, 6.45) is 1.16. The number of aromatic hydroxyl groups is 1. The van der Waals surface area contributed by atoms with Crippen LogP contribution in [0.4, 0.5) is 4.39 Å². The standard InChI is InChI=1S/C54H47Cl2FN4O12S/c1-6-23-68-27-38(28-70-74(65,66)39-18-11-30(2)12-19-39)71-50-47(55)31(3)44(32(4)48(50)56)45-46-52(59-29-60-53(46)73-49(45)33-13-15-35(57)16-14-33)72-43(54(63)64)25-34-24-37(62)17-20-41(34)69-26-36-21-22-58-51(61-36)40-9-7-8-10-42(40)67-5/h6-22,24,29,38,43,62H,1,23,25-28H2,2-5H3,(H,63,64). The van der Waals surface area contributed by atoms with E-state index in [9.17, 15) is 27.8 Å². The first-order valence-electron chi connectivity index (χ1n) is 22.7. The molecule has 0 saturated carbocycles. The van der Waals surface area contributed by atoms with Gasteiger partial charge in [-0.3, -0.25) is 4.18 Å². The molecule has 0 fully saturated rings. The lowest BCUT2D eigenvalue weighted by Gasteiger charge is -2.24. The number of carbonyl (C=O) groups is 1. The molecule has 16 nitrogen and oxygen atoms in total. The van der Waals surface area contributed by atoms with Gasteiger partial charge in [-0.25, -0.2) is 29.1 Å². The summed E-state index contributed by atoms with van der Waals surface area (Å²) in [6.45, 7) is 8.25. The molecule has 382 valence electrons. The number of furan rings is 1. The third-order valence-electron chi connectivity index (χ3n) is 11.6. The van der Waals surface area contributed by atoms with E-state index >= 15 is 0 Å². The lowest BCUT2D eigenvalue weighted by Crippen LogP contribution is -2.30. The Labute approximate surface area is 435 Å². The Morgan fingerprint density at radius 3 is 2.31 bits per heavy atom. The van der Waals surface area contributed by atoms with Gasteiger partial charge in [0.2, 0.25) is 17.7 Å². The van der Waals surface area contributed by atoms with Crippen LogP contribution in [0.3, 0.4) is 0 Å². The van der Waals surface area contributed by atoms with Gasteiger partial charge in [-0.15, -0.1) is 6.58 Å². The number of methoxy groups -OCH3 is 1. The number of phenolic OH excluding ortho intramolecular Hbond substituents is 1. The third kappa shape index (κ3) is 11.8. The quantitative estimate of drug-likeness (QED) is 0.0367. The van der Waals surface area contributed by atoms with Crippen LogP contribution < -0.4 is 18.9 Å². The highest BCUT2D eigenvalue weighted by atomic mass is 35.5. The van der Waals surface area contributed by atoms with Crippen molar-refractivity contribution in [2.24, 2.45) is 0 Å². The van der Waals surface area contributed by atoms with Crippen molar-refractivity contribution in [3.63, 3.8) is 0 Å². The average Bonchev–Trinajstić information content (AvgIpc) is 3.78. The van der Waals surface area contributed by atoms with Gasteiger partial charge in [0.05, 0.1) is 46.5 Å². The fraction of sp³-hybridized carbons (Fsp3) is 0.204. The molecule has 3 aromatic heterocycles. The summed E-state index contributed by atoms with van der Waals surface area (Å²) in [7, 11) is -2.68. The molecule has 2 atom stereocenters. The van der Waals surface area contributed by atoms with Gasteiger partial charge < -0.3 is 38.3 Å². The molecule has 0 bridgehead atoms. The van der Waals surface area contributed by atoms with E-state index < -0.39 is 40.7 Å². The number of benzene rings is 5. The fourth-order valence-corrected chi connectivity index (χ4v) is 9.38. The SMILES string of the molecule is C=CCOCC(COS(=O)(=O)c1ccc(C)cc1)Oc1c(Cl)c(C)c(-c2c(-c3ccc(F)cc3)oc3ncnc(OC(Cc4cc(O)ccc4OCc4ccnc(-c5ccccc5OC)n4)C(=O)O)c23)c(C)c1Cl. The molecule has 2 N–H and O–H groups in total. The number of rotatable bonds is 22. The Morgan fingerprint density at radius 2 is 1.61 bits per heavy atom. The summed E-state index contributed by atoms with van der Waals surface area (Å²) in [5, 5.41) is 21.5.